The molecule has 1 aliphatic heterocycles. The number of hydrogen-bond acceptors (Lipinski definition) is 2. The van der Waals surface area contributed by atoms with E-state index in [1.807, 2.05) is 0 Å². The van der Waals surface area contributed by atoms with E-state index in [-0.39, 0.29) is 0 Å². The Morgan fingerprint density at radius 3 is 2.53 bits per heavy atom. The monoisotopic (exact) mass is 214 g/mol. The van der Waals surface area contributed by atoms with Gasteiger partial charge in [0.1, 0.15) is 0 Å². The molecular weight excluding hydrogens is 186 g/mol. The van der Waals surface area contributed by atoms with Crippen molar-refractivity contribution in [3.8, 4) is 0 Å². The Balaban J connectivity index is 2.14. The number of likely N-dealkylation sites (N-methyl/N-ethyl adjacent to an activating group) is 2. The predicted molar refractivity (Wildman–Crippen MR) is 66.0 cm³/mol. The molecule has 90 valence electrons. The Bertz CT molecular complexity index is 168. The summed E-state index contributed by atoms with van der Waals surface area (Å²) in [6.45, 7) is 4.85. The van der Waals surface area contributed by atoms with Crippen LogP contribution < -0.4 is 5.32 Å². The van der Waals surface area contributed by atoms with Gasteiger partial charge in [-0.1, -0.05) is 6.42 Å². The summed E-state index contributed by atoms with van der Waals surface area (Å²) in [5.41, 5.74) is 0. The Morgan fingerprint density at radius 1 is 1.27 bits per heavy atom. The van der Waals surface area contributed by atoms with E-state index in [1.165, 1.54) is 45.4 Å². The second kappa shape index (κ2) is 5.83. The second-order valence-electron chi connectivity index (χ2n) is 5.92. The maximum atomic E-state index is 3.60. The molecule has 0 spiro atoms. The van der Waals surface area contributed by atoms with Gasteiger partial charge >= 0.3 is 0 Å². The predicted octanol–water partition coefficient (Wildman–Crippen LogP) is 0.767. The van der Waals surface area contributed by atoms with Crippen LogP contribution in [0.5, 0.6) is 0 Å². The van der Waals surface area contributed by atoms with Crippen molar-refractivity contribution in [1.29, 1.82) is 0 Å². The second-order valence-corrected chi connectivity index (χ2v) is 5.92. The normalized spacial score (nSPS) is 23.4. The third-order valence-corrected chi connectivity index (χ3v) is 3.10. The van der Waals surface area contributed by atoms with Crippen molar-refractivity contribution in [2.75, 3.05) is 54.4 Å². The molecule has 1 fully saturated rings. The quantitative estimate of drug-likeness (QED) is 0.680. The molecule has 0 radical (unpaired) electrons. The van der Waals surface area contributed by atoms with Gasteiger partial charge in [0.2, 0.25) is 0 Å². The maximum Gasteiger partial charge on any atom is 0.0909 e. The van der Waals surface area contributed by atoms with Gasteiger partial charge in [0, 0.05) is 19.1 Å². The summed E-state index contributed by atoms with van der Waals surface area (Å²) in [5, 5.41) is 3.60. The largest absolute Gasteiger partial charge is 0.330 e. The van der Waals surface area contributed by atoms with Crippen LogP contribution in [0.1, 0.15) is 19.3 Å². The molecule has 1 N–H and O–H groups in total. The van der Waals surface area contributed by atoms with Crippen molar-refractivity contribution >= 4 is 0 Å². The first-order valence-corrected chi connectivity index (χ1v) is 6.20. The lowest BCUT2D eigenvalue weighted by Gasteiger charge is -2.30. The molecular formula is C12H28N3+. The molecule has 1 aliphatic rings. The molecule has 3 nitrogen and oxygen atoms in total. The van der Waals surface area contributed by atoms with Crippen molar-refractivity contribution in [2.24, 2.45) is 0 Å². The summed E-state index contributed by atoms with van der Waals surface area (Å²) in [4.78, 5) is 2.46. The zero-order valence-corrected chi connectivity index (χ0v) is 10.9. The molecule has 0 aromatic carbocycles. The van der Waals surface area contributed by atoms with Crippen molar-refractivity contribution in [3.63, 3.8) is 0 Å². The minimum absolute atomic E-state index is 0.733. The van der Waals surface area contributed by atoms with Crippen LogP contribution in [-0.2, 0) is 0 Å². The van der Waals surface area contributed by atoms with Crippen LogP contribution in [0.2, 0.25) is 0 Å². The van der Waals surface area contributed by atoms with Gasteiger partial charge in [0.15, 0.2) is 0 Å². The first-order chi connectivity index (χ1) is 6.97. The highest BCUT2D eigenvalue weighted by Gasteiger charge is 2.15. The molecule has 1 unspecified atom stereocenters. The molecule has 0 amide bonds. The molecule has 0 saturated carbocycles. The zero-order chi connectivity index (χ0) is 11.3. The van der Waals surface area contributed by atoms with Crippen LogP contribution in [0.25, 0.3) is 0 Å². The molecule has 1 rings (SSSR count). The highest BCUT2D eigenvalue weighted by Crippen LogP contribution is 2.07. The number of piperidine rings is 1. The van der Waals surface area contributed by atoms with Gasteiger partial charge < -0.3 is 9.80 Å². The van der Waals surface area contributed by atoms with Gasteiger partial charge in [-0.15, -0.1) is 0 Å². The molecule has 15 heavy (non-hydrogen) atoms. The first-order valence-electron chi connectivity index (χ1n) is 6.20. The fraction of sp³-hybridized carbons (Fsp3) is 1.00. The van der Waals surface area contributed by atoms with E-state index in [4.69, 9.17) is 0 Å². The average Bonchev–Trinajstić information content (AvgIpc) is 2.15. The van der Waals surface area contributed by atoms with E-state index in [2.05, 4.69) is 38.4 Å². The number of nitrogens with one attached hydrogen (secondary N) is 1. The van der Waals surface area contributed by atoms with E-state index < -0.39 is 0 Å². The van der Waals surface area contributed by atoms with Crippen LogP contribution in [0.4, 0.5) is 0 Å². The minimum atomic E-state index is 0.733. The average molecular weight is 214 g/mol. The molecule has 1 saturated heterocycles. The molecule has 1 atom stereocenters. The van der Waals surface area contributed by atoms with Gasteiger partial charge in [-0.3, -0.25) is 4.90 Å². The molecule has 0 aromatic heterocycles. The van der Waals surface area contributed by atoms with Gasteiger partial charge in [-0.05, 0) is 26.4 Å². The highest BCUT2D eigenvalue weighted by atomic mass is 15.3. The van der Waals surface area contributed by atoms with Crippen LogP contribution in [0, 0.1) is 0 Å². The fourth-order valence-corrected chi connectivity index (χ4v) is 2.02. The number of hydrogen-bond donors (Lipinski definition) is 1. The van der Waals surface area contributed by atoms with Gasteiger partial charge in [-0.2, -0.15) is 0 Å². The third kappa shape index (κ3) is 6.13. The SMILES string of the molecule is CN(CC[N+](C)(C)C)CC1CCCCN1. The summed E-state index contributed by atoms with van der Waals surface area (Å²) in [7, 11) is 9.01. The third-order valence-electron chi connectivity index (χ3n) is 3.10. The molecule has 3 heteroatoms. The Kier molecular flexibility index (Phi) is 5.03. The van der Waals surface area contributed by atoms with Gasteiger partial charge in [-0.25, -0.2) is 0 Å². The van der Waals surface area contributed by atoms with E-state index in [0.29, 0.717) is 0 Å². The van der Waals surface area contributed by atoms with Crippen molar-refractivity contribution < 1.29 is 4.48 Å². The van der Waals surface area contributed by atoms with Gasteiger partial charge in [0.25, 0.3) is 0 Å². The standard InChI is InChI=1S/C12H28N3/c1-14(9-10-15(2,3)4)11-12-7-5-6-8-13-12/h12-13H,5-11H2,1-4H3/q+1. The lowest BCUT2D eigenvalue weighted by molar-refractivity contribution is -0.869. The summed E-state index contributed by atoms with van der Waals surface area (Å²) >= 11 is 0. The summed E-state index contributed by atoms with van der Waals surface area (Å²) in [6, 6.07) is 0.733. The number of quaternary nitrogens is 1. The molecule has 0 aromatic rings. The van der Waals surface area contributed by atoms with Crippen molar-refractivity contribution in [2.45, 2.75) is 25.3 Å². The minimum Gasteiger partial charge on any atom is -0.330 e. The fourth-order valence-electron chi connectivity index (χ4n) is 2.02. The summed E-state index contributed by atoms with van der Waals surface area (Å²) in [5.74, 6) is 0. The van der Waals surface area contributed by atoms with E-state index >= 15 is 0 Å². The number of rotatable bonds is 5. The van der Waals surface area contributed by atoms with E-state index in [9.17, 15) is 0 Å². The lowest BCUT2D eigenvalue weighted by atomic mass is 10.0. The smallest absolute Gasteiger partial charge is 0.0909 e. The van der Waals surface area contributed by atoms with Crippen LogP contribution in [0.15, 0.2) is 0 Å². The molecule has 0 bridgehead atoms. The summed E-state index contributed by atoms with van der Waals surface area (Å²) < 4.78 is 1.06. The van der Waals surface area contributed by atoms with Gasteiger partial charge in [0.05, 0.1) is 27.7 Å². The van der Waals surface area contributed by atoms with Crippen molar-refractivity contribution in [3.05, 3.63) is 0 Å². The van der Waals surface area contributed by atoms with E-state index in [0.717, 1.165) is 10.5 Å². The molecule has 1 heterocycles. The zero-order valence-electron chi connectivity index (χ0n) is 10.9. The van der Waals surface area contributed by atoms with E-state index in [1.54, 1.807) is 0 Å². The lowest BCUT2D eigenvalue weighted by Crippen LogP contribution is -2.46. The highest BCUT2D eigenvalue weighted by molar-refractivity contribution is 4.74. The Labute approximate surface area is 95.0 Å². The molecule has 0 aliphatic carbocycles. The van der Waals surface area contributed by atoms with Crippen molar-refractivity contribution in [1.82, 2.24) is 10.2 Å². The summed E-state index contributed by atoms with van der Waals surface area (Å²) in [6.07, 6.45) is 4.12. The van der Waals surface area contributed by atoms with Crippen LogP contribution in [0.3, 0.4) is 0 Å². The maximum absolute atomic E-state index is 3.60. The number of nitrogens with zero attached hydrogens (tertiary/aromatic N) is 2. The Morgan fingerprint density at radius 2 is 2.00 bits per heavy atom. The topological polar surface area (TPSA) is 15.3 Å². The van der Waals surface area contributed by atoms with Crippen LogP contribution in [-0.4, -0.2) is 69.8 Å². The van der Waals surface area contributed by atoms with Crippen LogP contribution >= 0.6 is 0 Å². The first kappa shape index (κ1) is 12.9. The Hall–Kier alpha value is -0.120.